The van der Waals surface area contributed by atoms with Gasteiger partial charge in [-0.2, -0.15) is 11.3 Å². The van der Waals surface area contributed by atoms with E-state index in [1.807, 2.05) is 18.4 Å². The Kier molecular flexibility index (Phi) is 4.54. The molecule has 0 amide bonds. The Hall–Kier alpha value is -0.710. The summed E-state index contributed by atoms with van der Waals surface area (Å²) in [6.45, 7) is 7.58. The van der Waals surface area contributed by atoms with Gasteiger partial charge in [-0.05, 0) is 37.3 Å². The van der Waals surface area contributed by atoms with Gasteiger partial charge in [-0.3, -0.25) is 0 Å². The van der Waals surface area contributed by atoms with Crippen LogP contribution >= 0.6 is 22.7 Å². The quantitative estimate of drug-likeness (QED) is 0.892. The first-order valence-corrected chi connectivity index (χ1v) is 8.04. The Bertz CT molecular complexity index is 512. The number of rotatable bonds is 5. The zero-order valence-corrected chi connectivity index (χ0v) is 13.0. The minimum absolute atomic E-state index is 0.652. The number of nitrogens with zero attached hydrogens (tertiary/aromatic N) is 1. The number of hydrogen-bond acceptors (Lipinski definition) is 4. The van der Waals surface area contributed by atoms with Crippen molar-refractivity contribution < 1.29 is 0 Å². The second-order valence-corrected chi connectivity index (χ2v) is 6.81. The second kappa shape index (κ2) is 5.95. The van der Waals surface area contributed by atoms with Crippen LogP contribution in [-0.2, 0) is 13.0 Å². The fourth-order valence-corrected chi connectivity index (χ4v) is 4.01. The number of aryl methyl sites for hydroxylation is 1. The first-order valence-electron chi connectivity index (χ1n) is 6.28. The molecule has 2 nitrogen and oxygen atoms in total. The Morgan fingerprint density at radius 3 is 2.67 bits per heavy atom. The van der Waals surface area contributed by atoms with Gasteiger partial charge in [-0.25, -0.2) is 4.98 Å². The van der Waals surface area contributed by atoms with Crippen LogP contribution in [-0.4, -0.2) is 12.0 Å². The molecular formula is C14H20N2S2. The lowest BCUT2D eigenvalue weighted by Crippen LogP contribution is -2.07. The summed E-state index contributed by atoms with van der Waals surface area (Å²) in [5, 5.41) is 8.82. The number of aromatic nitrogens is 1. The van der Waals surface area contributed by atoms with Crippen LogP contribution in [0.15, 0.2) is 10.8 Å². The minimum Gasteiger partial charge on any atom is -0.315 e. The van der Waals surface area contributed by atoms with E-state index in [0.29, 0.717) is 5.92 Å². The molecule has 1 N–H and O–H groups in total. The molecule has 0 spiro atoms. The van der Waals surface area contributed by atoms with E-state index in [0.717, 1.165) is 13.0 Å². The second-order valence-electron chi connectivity index (χ2n) is 4.99. The van der Waals surface area contributed by atoms with Crippen molar-refractivity contribution in [2.45, 2.75) is 33.7 Å². The standard InChI is InChI=1S/C14H20N2S2/c1-9(2)5-12-13(6-15-4)18-14(16-12)11-8-17-7-10(11)3/h7-9,15H,5-6H2,1-4H3. The summed E-state index contributed by atoms with van der Waals surface area (Å²) in [5.41, 5.74) is 3.91. The molecule has 0 aliphatic carbocycles. The highest BCUT2D eigenvalue weighted by Crippen LogP contribution is 2.33. The molecule has 0 radical (unpaired) electrons. The zero-order valence-electron chi connectivity index (χ0n) is 11.4. The SMILES string of the molecule is CNCc1sc(-c2cscc2C)nc1CC(C)C. The number of thiophene rings is 1. The first-order chi connectivity index (χ1) is 8.61. The Balaban J connectivity index is 2.35. The normalized spacial score (nSPS) is 11.4. The maximum atomic E-state index is 4.86. The van der Waals surface area contributed by atoms with Crippen molar-refractivity contribution in [1.82, 2.24) is 10.3 Å². The first kappa shape index (κ1) is 13.7. The fourth-order valence-electron chi connectivity index (χ4n) is 1.92. The van der Waals surface area contributed by atoms with Crippen molar-refractivity contribution in [2.75, 3.05) is 7.05 Å². The molecule has 2 rings (SSSR count). The van der Waals surface area contributed by atoms with Crippen LogP contribution in [0.4, 0.5) is 0 Å². The van der Waals surface area contributed by atoms with E-state index >= 15 is 0 Å². The highest BCUT2D eigenvalue weighted by molar-refractivity contribution is 7.15. The molecule has 0 aromatic carbocycles. The topological polar surface area (TPSA) is 24.9 Å². The molecule has 0 saturated carbocycles. The number of hydrogen-bond donors (Lipinski definition) is 1. The highest BCUT2D eigenvalue weighted by Gasteiger charge is 2.14. The molecule has 98 valence electrons. The maximum Gasteiger partial charge on any atom is 0.125 e. The predicted octanol–water partition coefficient (Wildman–Crippen LogP) is 4.10. The molecule has 0 aliphatic heterocycles. The molecule has 0 fully saturated rings. The number of nitrogens with one attached hydrogen (secondary N) is 1. The summed E-state index contributed by atoms with van der Waals surface area (Å²) in [7, 11) is 1.99. The molecular weight excluding hydrogens is 260 g/mol. The van der Waals surface area contributed by atoms with Crippen LogP contribution < -0.4 is 5.32 Å². The maximum absolute atomic E-state index is 4.86. The van der Waals surface area contributed by atoms with Crippen molar-refractivity contribution in [3.05, 3.63) is 26.9 Å². The van der Waals surface area contributed by atoms with Gasteiger partial charge in [0.05, 0.1) is 5.69 Å². The van der Waals surface area contributed by atoms with Crippen LogP contribution in [0.2, 0.25) is 0 Å². The Labute approximate surface area is 117 Å². The van der Waals surface area contributed by atoms with Crippen molar-refractivity contribution in [3.63, 3.8) is 0 Å². The van der Waals surface area contributed by atoms with E-state index < -0.39 is 0 Å². The third kappa shape index (κ3) is 2.99. The smallest absolute Gasteiger partial charge is 0.125 e. The van der Waals surface area contributed by atoms with E-state index in [4.69, 9.17) is 4.98 Å². The molecule has 2 aromatic rings. The molecule has 0 atom stereocenters. The lowest BCUT2D eigenvalue weighted by atomic mass is 10.1. The van der Waals surface area contributed by atoms with Crippen molar-refractivity contribution in [3.8, 4) is 10.6 Å². The van der Waals surface area contributed by atoms with Gasteiger partial charge in [0.2, 0.25) is 0 Å². The van der Waals surface area contributed by atoms with Crippen LogP contribution in [0.25, 0.3) is 10.6 Å². The molecule has 0 unspecified atom stereocenters. The molecule has 0 aliphatic rings. The summed E-state index contributed by atoms with van der Waals surface area (Å²) in [6, 6.07) is 0. The van der Waals surface area contributed by atoms with Gasteiger partial charge in [0, 0.05) is 22.4 Å². The molecule has 18 heavy (non-hydrogen) atoms. The number of thiazole rings is 1. The third-order valence-corrected chi connectivity index (χ3v) is 4.80. The van der Waals surface area contributed by atoms with Gasteiger partial charge in [0.25, 0.3) is 0 Å². The van der Waals surface area contributed by atoms with Crippen LogP contribution in [0, 0.1) is 12.8 Å². The molecule has 4 heteroatoms. The van der Waals surface area contributed by atoms with E-state index in [2.05, 4.69) is 36.8 Å². The summed E-state index contributed by atoms with van der Waals surface area (Å²) in [4.78, 5) is 6.24. The minimum atomic E-state index is 0.652. The summed E-state index contributed by atoms with van der Waals surface area (Å²) in [5.74, 6) is 0.652. The molecule has 2 heterocycles. The Morgan fingerprint density at radius 1 is 1.33 bits per heavy atom. The lowest BCUT2D eigenvalue weighted by Gasteiger charge is -2.03. The lowest BCUT2D eigenvalue weighted by molar-refractivity contribution is 0.631. The van der Waals surface area contributed by atoms with Crippen molar-refractivity contribution >= 4 is 22.7 Å². The molecule has 0 bridgehead atoms. The van der Waals surface area contributed by atoms with Gasteiger partial charge in [-0.1, -0.05) is 13.8 Å². The van der Waals surface area contributed by atoms with E-state index in [1.54, 1.807) is 11.3 Å². The summed E-state index contributed by atoms with van der Waals surface area (Å²) >= 11 is 3.59. The van der Waals surface area contributed by atoms with Gasteiger partial charge in [0.1, 0.15) is 5.01 Å². The fraction of sp³-hybridized carbons (Fsp3) is 0.500. The molecule has 2 aromatic heterocycles. The van der Waals surface area contributed by atoms with Crippen LogP contribution in [0.5, 0.6) is 0 Å². The highest BCUT2D eigenvalue weighted by atomic mass is 32.1. The average Bonchev–Trinajstić information content (AvgIpc) is 2.86. The van der Waals surface area contributed by atoms with Crippen LogP contribution in [0.1, 0.15) is 30.0 Å². The van der Waals surface area contributed by atoms with Gasteiger partial charge >= 0.3 is 0 Å². The zero-order chi connectivity index (χ0) is 13.1. The van der Waals surface area contributed by atoms with E-state index in [-0.39, 0.29) is 0 Å². The largest absolute Gasteiger partial charge is 0.315 e. The third-order valence-electron chi connectivity index (χ3n) is 2.80. The predicted molar refractivity (Wildman–Crippen MR) is 81.5 cm³/mol. The van der Waals surface area contributed by atoms with E-state index in [9.17, 15) is 0 Å². The van der Waals surface area contributed by atoms with Gasteiger partial charge in [-0.15, -0.1) is 11.3 Å². The van der Waals surface area contributed by atoms with Gasteiger partial charge < -0.3 is 5.32 Å². The summed E-state index contributed by atoms with van der Waals surface area (Å²) < 4.78 is 0. The van der Waals surface area contributed by atoms with Crippen LogP contribution in [0.3, 0.4) is 0 Å². The van der Waals surface area contributed by atoms with E-state index in [1.165, 1.54) is 26.7 Å². The summed E-state index contributed by atoms with van der Waals surface area (Å²) in [6.07, 6.45) is 1.07. The van der Waals surface area contributed by atoms with Gasteiger partial charge in [0.15, 0.2) is 0 Å². The Morgan fingerprint density at radius 2 is 2.11 bits per heavy atom. The van der Waals surface area contributed by atoms with Crippen molar-refractivity contribution in [2.24, 2.45) is 5.92 Å². The molecule has 0 saturated heterocycles. The van der Waals surface area contributed by atoms with Crippen molar-refractivity contribution in [1.29, 1.82) is 0 Å². The average molecular weight is 280 g/mol. The monoisotopic (exact) mass is 280 g/mol.